The van der Waals surface area contributed by atoms with Crippen molar-refractivity contribution in [3.05, 3.63) is 30.4 Å². The van der Waals surface area contributed by atoms with Crippen LogP contribution >= 0.6 is 0 Å². The number of ether oxygens (including phenoxy) is 2. The Hall–Kier alpha value is -2.04. The summed E-state index contributed by atoms with van der Waals surface area (Å²) in [6.07, 6.45) is 3.34. The van der Waals surface area contributed by atoms with Crippen LogP contribution in [0.2, 0.25) is 0 Å². The molecule has 5 heteroatoms. The molecule has 2 heterocycles. The molecule has 0 saturated heterocycles. The van der Waals surface area contributed by atoms with Crippen LogP contribution in [-0.4, -0.2) is 29.1 Å². The number of fused-ring (bicyclic) bond motifs is 1. The first-order chi connectivity index (χ1) is 7.76. The number of carbonyl (C=O) groups is 1. The molecule has 0 aliphatic rings. The fourth-order valence-electron chi connectivity index (χ4n) is 1.45. The smallest absolute Gasteiger partial charge is 0.374 e. The van der Waals surface area contributed by atoms with Gasteiger partial charge in [0.05, 0.1) is 25.4 Å². The second-order valence-electron chi connectivity index (χ2n) is 3.16. The van der Waals surface area contributed by atoms with E-state index in [-0.39, 0.29) is 5.82 Å². The minimum atomic E-state index is -0.423. The summed E-state index contributed by atoms with van der Waals surface area (Å²) in [6.45, 7) is 2.10. The quantitative estimate of drug-likeness (QED) is 0.736. The second-order valence-corrected chi connectivity index (χ2v) is 3.16. The van der Waals surface area contributed by atoms with Gasteiger partial charge in [-0.15, -0.1) is 0 Å². The van der Waals surface area contributed by atoms with Crippen LogP contribution in [0.4, 0.5) is 0 Å². The number of nitrogens with zero attached hydrogens (tertiary/aromatic N) is 2. The van der Waals surface area contributed by atoms with Crippen molar-refractivity contribution in [2.45, 2.75) is 6.92 Å². The fraction of sp³-hybridized carbons (Fsp3) is 0.273. The van der Waals surface area contributed by atoms with Gasteiger partial charge in [0.2, 0.25) is 5.82 Å². The zero-order chi connectivity index (χ0) is 11.5. The Morgan fingerprint density at radius 1 is 1.56 bits per heavy atom. The van der Waals surface area contributed by atoms with Crippen molar-refractivity contribution in [1.29, 1.82) is 0 Å². The van der Waals surface area contributed by atoms with Gasteiger partial charge < -0.3 is 9.47 Å². The number of methoxy groups -OCH3 is 1. The molecule has 0 radical (unpaired) electrons. The van der Waals surface area contributed by atoms with Crippen molar-refractivity contribution in [2.75, 3.05) is 13.7 Å². The van der Waals surface area contributed by atoms with E-state index in [1.807, 2.05) is 0 Å². The van der Waals surface area contributed by atoms with E-state index >= 15 is 0 Å². The Balaban J connectivity index is 2.45. The van der Waals surface area contributed by atoms with Gasteiger partial charge in [0.15, 0.2) is 0 Å². The zero-order valence-electron chi connectivity index (χ0n) is 9.14. The number of pyridine rings is 1. The summed E-state index contributed by atoms with van der Waals surface area (Å²) in [5, 5.41) is 0. The average Bonchev–Trinajstić information content (AvgIpc) is 2.71. The maximum Gasteiger partial charge on any atom is 0.374 e. The molecular weight excluding hydrogens is 208 g/mol. The van der Waals surface area contributed by atoms with Crippen LogP contribution in [-0.2, 0) is 4.74 Å². The molecule has 0 amide bonds. The first kappa shape index (κ1) is 10.5. The van der Waals surface area contributed by atoms with Crippen molar-refractivity contribution >= 4 is 11.5 Å². The minimum Gasteiger partial charge on any atom is -0.497 e. The van der Waals surface area contributed by atoms with Crippen LogP contribution in [0.1, 0.15) is 17.5 Å². The number of carbonyl (C=O) groups excluding carboxylic acids is 1. The molecule has 0 bridgehead atoms. The van der Waals surface area contributed by atoms with Crippen molar-refractivity contribution in [2.24, 2.45) is 0 Å². The summed E-state index contributed by atoms with van der Waals surface area (Å²) in [7, 11) is 1.59. The topological polar surface area (TPSA) is 52.8 Å². The van der Waals surface area contributed by atoms with Gasteiger partial charge in [0, 0.05) is 12.3 Å². The lowest BCUT2D eigenvalue weighted by molar-refractivity contribution is 0.0511. The van der Waals surface area contributed by atoms with Crippen molar-refractivity contribution in [3.8, 4) is 5.75 Å². The Bertz CT molecular complexity index is 519. The van der Waals surface area contributed by atoms with Gasteiger partial charge in [-0.2, -0.15) is 0 Å². The Morgan fingerprint density at radius 3 is 3.06 bits per heavy atom. The van der Waals surface area contributed by atoms with Gasteiger partial charge in [0.1, 0.15) is 5.75 Å². The van der Waals surface area contributed by atoms with E-state index in [4.69, 9.17) is 9.47 Å². The number of aromatic nitrogens is 2. The van der Waals surface area contributed by atoms with E-state index in [9.17, 15) is 4.79 Å². The van der Waals surface area contributed by atoms with E-state index in [0.29, 0.717) is 6.61 Å². The summed E-state index contributed by atoms with van der Waals surface area (Å²) in [5.74, 6) is 0.579. The summed E-state index contributed by atoms with van der Waals surface area (Å²) in [5.41, 5.74) is 0.794. The average molecular weight is 220 g/mol. The highest BCUT2D eigenvalue weighted by atomic mass is 16.5. The molecule has 0 spiro atoms. The first-order valence-electron chi connectivity index (χ1n) is 4.94. The van der Waals surface area contributed by atoms with E-state index in [1.54, 1.807) is 43.0 Å². The van der Waals surface area contributed by atoms with Crippen LogP contribution in [0.25, 0.3) is 5.52 Å². The number of esters is 1. The third-order valence-corrected chi connectivity index (χ3v) is 2.20. The molecule has 0 atom stereocenters. The molecule has 16 heavy (non-hydrogen) atoms. The summed E-state index contributed by atoms with van der Waals surface area (Å²) < 4.78 is 11.6. The molecule has 0 fully saturated rings. The van der Waals surface area contributed by atoms with Gasteiger partial charge in [0.25, 0.3) is 0 Å². The van der Waals surface area contributed by atoms with Crippen molar-refractivity contribution < 1.29 is 14.3 Å². The van der Waals surface area contributed by atoms with Gasteiger partial charge in [-0.25, -0.2) is 9.78 Å². The molecule has 0 unspecified atom stereocenters. The standard InChI is InChI=1S/C11H12N2O3/c1-3-16-11(14)10-12-7-8-6-9(15-2)4-5-13(8)10/h4-7H,3H2,1-2H3. The lowest BCUT2D eigenvalue weighted by Crippen LogP contribution is -2.09. The van der Waals surface area contributed by atoms with Crippen LogP contribution < -0.4 is 4.74 Å². The van der Waals surface area contributed by atoms with Crippen LogP contribution in [0.3, 0.4) is 0 Å². The molecule has 2 aromatic heterocycles. The van der Waals surface area contributed by atoms with Gasteiger partial charge in [-0.05, 0) is 13.0 Å². The molecule has 5 nitrogen and oxygen atoms in total. The normalized spacial score (nSPS) is 10.4. The first-order valence-corrected chi connectivity index (χ1v) is 4.94. The minimum absolute atomic E-state index is 0.277. The highest BCUT2D eigenvalue weighted by molar-refractivity contribution is 5.86. The largest absolute Gasteiger partial charge is 0.497 e. The molecule has 84 valence electrons. The lowest BCUT2D eigenvalue weighted by Gasteiger charge is -2.02. The van der Waals surface area contributed by atoms with Crippen molar-refractivity contribution in [1.82, 2.24) is 9.38 Å². The van der Waals surface area contributed by atoms with Crippen LogP contribution in [0, 0.1) is 0 Å². The van der Waals surface area contributed by atoms with Crippen LogP contribution in [0.15, 0.2) is 24.5 Å². The molecule has 0 N–H and O–H groups in total. The van der Waals surface area contributed by atoms with Crippen molar-refractivity contribution in [3.63, 3.8) is 0 Å². The summed E-state index contributed by atoms with van der Waals surface area (Å²) in [4.78, 5) is 15.6. The molecular formula is C11H12N2O3. The lowest BCUT2D eigenvalue weighted by atomic mass is 10.4. The number of hydrogen-bond donors (Lipinski definition) is 0. The predicted molar refractivity (Wildman–Crippen MR) is 57.7 cm³/mol. The fourth-order valence-corrected chi connectivity index (χ4v) is 1.45. The molecule has 0 aliphatic carbocycles. The maximum atomic E-state index is 11.5. The third-order valence-electron chi connectivity index (χ3n) is 2.20. The number of hydrogen-bond acceptors (Lipinski definition) is 4. The highest BCUT2D eigenvalue weighted by Gasteiger charge is 2.13. The van der Waals surface area contributed by atoms with Crippen LogP contribution in [0.5, 0.6) is 5.75 Å². The summed E-state index contributed by atoms with van der Waals surface area (Å²) in [6, 6.07) is 3.56. The SMILES string of the molecule is CCOC(=O)c1ncc2cc(OC)ccn12. The second kappa shape index (κ2) is 4.22. The van der Waals surface area contributed by atoms with Gasteiger partial charge in [-0.3, -0.25) is 4.40 Å². The molecule has 0 aromatic carbocycles. The van der Waals surface area contributed by atoms with Gasteiger partial charge in [-0.1, -0.05) is 0 Å². The Labute approximate surface area is 92.6 Å². The summed E-state index contributed by atoms with van der Waals surface area (Å²) >= 11 is 0. The number of rotatable bonds is 3. The van der Waals surface area contributed by atoms with E-state index in [0.717, 1.165) is 11.3 Å². The Kier molecular flexibility index (Phi) is 2.76. The van der Waals surface area contributed by atoms with E-state index in [2.05, 4.69) is 4.98 Å². The molecule has 2 rings (SSSR count). The zero-order valence-corrected chi connectivity index (χ0v) is 9.14. The molecule has 2 aromatic rings. The predicted octanol–water partition coefficient (Wildman–Crippen LogP) is 1.52. The molecule has 0 aliphatic heterocycles. The molecule has 0 saturated carbocycles. The third kappa shape index (κ3) is 1.71. The van der Waals surface area contributed by atoms with E-state index in [1.165, 1.54) is 0 Å². The number of imidazole rings is 1. The monoisotopic (exact) mass is 220 g/mol. The Morgan fingerprint density at radius 2 is 2.38 bits per heavy atom. The highest BCUT2D eigenvalue weighted by Crippen LogP contribution is 2.15. The maximum absolute atomic E-state index is 11.5. The van der Waals surface area contributed by atoms with Gasteiger partial charge >= 0.3 is 5.97 Å². The van der Waals surface area contributed by atoms with E-state index < -0.39 is 5.97 Å².